The Bertz CT molecular complexity index is 227. The van der Waals surface area contributed by atoms with Crippen molar-refractivity contribution in [3.05, 3.63) is 0 Å². The maximum absolute atomic E-state index is 11.6. The molecule has 0 aromatic rings. The van der Waals surface area contributed by atoms with Crippen LogP contribution in [0.15, 0.2) is 4.40 Å². The average Bonchev–Trinajstić information content (AvgIpc) is 2.14. The molecule has 1 heterocycles. The summed E-state index contributed by atoms with van der Waals surface area (Å²) >= 11 is 0. The Morgan fingerprint density at radius 3 is 2.64 bits per heavy atom. The Kier molecular flexibility index (Phi) is 4.26. The molecule has 1 saturated heterocycles. The first-order valence-corrected chi connectivity index (χ1v) is 6.18. The first-order chi connectivity index (χ1) is 6.50. The molecule has 0 aliphatic carbocycles. The summed E-state index contributed by atoms with van der Waals surface area (Å²) in [6, 6.07) is 0. The summed E-state index contributed by atoms with van der Waals surface area (Å²) in [5.74, 6) is 0. The van der Waals surface area contributed by atoms with Gasteiger partial charge in [-0.05, 0) is 40.0 Å². The second kappa shape index (κ2) is 5.03. The van der Waals surface area contributed by atoms with Gasteiger partial charge in [0.05, 0.1) is 10.9 Å². The van der Waals surface area contributed by atoms with Gasteiger partial charge in [0.15, 0.2) is 0 Å². The van der Waals surface area contributed by atoms with Crippen molar-refractivity contribution >= 4 is 17.2 Å². The molecule has 14 heavy (non-hydrogen) atoms. The molecule has 1 fully saturated rings. The van der Waals surface area contributed by atoms with Gasteiger partial charge >= 0.3 is 0 Å². The van der Waals surface area contributed by atoms with Crippen LogP contribution >= 0.6 is 0 Å². The van der Waals surface area contributed by atoms with E-state index in [2.05, 4.69) is 4.40 Å². The average molecular weight is 217 g/mol. The number of hydrogen-bond donors (Lipinski definition) is 0. The number of nitrogens with zero attached hydrogens (tertiary/aromatic N) is 1. The van der Waals surface area contributed by atoms with E-state index >= 15 is 0 Å². The zero-order valence-corrected chi connectivity index (χ0v) is 9.97. The smallest absolute Gasteiger partial charge is 0.144 e. The maximum Gasteiger partial charge on any atom is 0.144 e. The van der Waals surface area contributed by atoms with Gasteiger partial charge in [0, 0.05) is 12.8 Å². The van der Waals surface area contributed by atoms with Crippen molar-refractivity contribution in [3.63, 3.8) is 0 Å². The molecule has 0 saturated carbocycles. The van der Waals surface area contributed by atoms with Crippen molar-refractivity contribution in [3.8, 4) is 0 Å². The van der Waals surface area contributed by atoms with E-state index in [0.717, 1.165) is 19.4 Å². The van der Waals surface area contributed by atoms with E-state index in [-0.39, 0.29) is 10.9 Å². The highest BCUT2D eigenvalue weighted by Gasteiger charge is 2.19. The predicted molar refractivity (Wildman–Crippen MR) is 60.0 cm³/mol. The van der Waals surface area contributed by atoms with Gasteiger partial charge in [0.25, 0.3) is 0 Å². The topological polar surface area (TPSA) is 38.7 Å². The lowest BCUT2D eigenvalue weighted by Crippen LogP contribution is -2.23. The molecule has 0 aromatic heterocycles. The second-order valence-corrected chi connectivity index (χ2v) is 6.45. The van der Waals surface area contributed by atoms with Crippen molar-refractivity contribution < 1.29 is 8.95 Å². The first-order valence-electron chi connectivity index (χ1n) is 5.08. The minimum absolute atomic E-state index is 0.0787. The summed E-state index contributed by atoms with van der Waals surface area (Å²) in [4.78, 5) is 0. The van der Waals surface area contributed by atoms with Crippen LogP contribution in [0.25, 0.3) is 0 Å². The van der Waals surface area contributed by atoms with Crippen LogP contribution in [0.3, 0.4) is 0 Å². The number of ether oxygens (including phenoxy) is 1. The van der Waals surface area contributed by atoms with Crippen LogP contribution < -0.4 is 0 Å². The van der Waals surface area contributed by atoms with Crippen LogP contribution in [-0.4, -0.2) is 27.9 Å². The van der Waals surface area contributed by atoms with E-state index < -0.39 is 11.0 Å². The summed E-state index contributed by atoms with van der Waals surface area (Å²) in [5.41, 5.74) is 0. The molecule has 82 valence electrons. The largest absolute Gasteiger partial charge is 0.373 e. The minimum Gasteiger partial charge on any atom is -0.373 e. The van der Waals surface area contributed by atoms with Gasteiger partial charge in [-0.25, -0.2) is 4.21 Å². The van der Waals surface area contributed by atoms with Gasteiger partial charge in [0.1, 0.15) is 11.0 Å². The SMILES string of the molecule is CC(C)(C)S(=O)N=C[C@H]1CCCCO1. The highest BCUT2D eigenvalue weighted by Crippen LogP contribution is 2.14. The minimum atomic E-state index is -1.15. The molecule has 0 amide bonds. The quantitative estimate of drug-likeness (QED) is 0.664. The fourth-order valence-electron chi connectivity index (χ4n) is 1.16. The van der Waals surface area contributed by atoms with Crippen molar-refractivity contribution in [1.82, 2.24) is 0 Å². The highest BCUT2D eigenvalue weighted by molar-refractivity contribution is 7.85. The lowest BCUT2D eigenvalue weighted by molar-refractivity contribution is 0.0617. The molecule has 0 radical (unpaired) electrons. The monoisotopic (exact) mass is 217 g/mol. The standard InChI is InChI=1S/C10H19NO2S/c1-10(2,3)14(12)11-8-9-6-4-5-7-13-9/h8-9H,4-7H2,1-3H3/t9-,14?/m1/s1. The third kappa shape index (κ3) is 3.88. The third-order valence-corrected chi connectivity index (χ3v) is 3.42. The normalized spacial score (nSPS) is 26.6. The summed E-state index contributed by atoms with van der Waals surface area (Å²) in [6.45, 7) is 6.56. The van der Waals surface area contributed by atoms with Crippen LogP contribution in [0.4, 0.5) is 0 Å². The van der Waals surface area contributed by atoms with E-state index in [1.807, 2.05) is 20.8 Å². The molecular weight excluding hydrogens is 198 g/mol. The molecule has 1 rings (SSSR count). The first kappa shape index (κ1) is 11.9. The van der Waals surface area contributed by atoms with Crippen LogP contribution in [0, 0.1) is 0 Å². The number of hydrogen-bond acceptors (Lipinski definition) is 2. The predicted octanol–water partition coefficient (Wildman–Crippen LogP) is 2.09. The van der Waals surface area contributed by atoms with Crippen LogP contribution in [-0.2, 0) is 15.7 Å². The van der Waals surface area contributed by atoms with E-state index in [1.165, 1.54) is 6.42 Å². The van der Waals surface area contributed by atoms with Crippen molar-refractivity contribution in [2.24, 2.45) is 4.40 Å². The summed E-state index contributed by atoms with van der Waals surface area (Å²) < 4.78 is 20.8. The second-order valence-electron chi connectivity index (χ2n) is 4.52. The fourth-order valence-corrected chi connectivity index (χ4v) is 1.73. The van der Waals surface area contributed by atoms with Gasteiger partial charge < -0.3 is 4.74 Å². The van der Waals surface area contributed by atoms with Gasteiger partial charge in [-0.15, -0.1) is 0 Å². The highest BCUT2D eigenvalue weighted by atomic mass is 32.2. The molecule has 1 unspecified atom stereocenters. The summed E-state index contributed by atoms with van der Waals surface area (Å²) in [5, 5.41) is 0. The lowest BCUT2D eigenvalue weighted by Gasteiger charge is -2.19. The van der Waals surface area contributed by atoms with E-state index in [1.54, 1.807) is 6.21 Å². The van der Waals surface area contributed by atoms with E-state index in [9.17, 15) is 4.21 Å². The van der Waals surface area contributed by atoms with Crippen molar-refractivity contribution in [1.29, 1.82) is 0 Å². The molecule has 1 aliphatic rings. The van der Waals surface area contributed by atoms with Crippen molar-refractivity contribution in [2.45, 2.75) is 50.9 Å². The van der Waals surface area contributed by atoms with Gasteiger partial charge in [0.2, 0.25) is 0 Å². The molecule has 1 aliphatic heterocycles. The Morgan fingerprint density at radius 2 is 2.14 bits per heavy atom. The zero-order chi connectivity index (χ0) is 10.6. The molecule has 2 atom stereocenters. The van der Waals surface area contributed by atoms with Gasteiger partial charge in [-0.2, -0.15) is 4.40 Å². The maximum atomic E-state index is 11.6. The van der Waals surface area contributed by atoms with Crippen LogP contribution in [0.5, 0.6) is 0 Å². The molecule has 3 nitrogen and oxygen atoms in total. The van der Waals surface area contributed by atoms with Crippen molar-refractivity contribution in [2.75, 3.05) is 6.61 Å². The fraction of sp³-hybridized carbons (Fsp3) is 0.900. The molecular formula is C10H19NO2S. The molecule has 0 spiro atoms. The lowest BCUT2D eigenvalue weighted by atomic mass is 10.1. The molecule has 4 heteroatoms. The Balaban J connectivity index is 2.42. The molecule has 0 N–H and O–H groups in total. The van der Waals surface area contributed by atoms with Crippen LogP contribution in [0.2, 0.25) is 0 Å². The van der Waals surface area contributed by atoms with E-state index in [4.69, 9.17) is 4.74 Å². The molecule has 0 aromatic carbocycles. The third-order valence-electron chi connectivity index (χ3n) is 2.06. The zero-order valence-electron chi connectivity index (χ0n) is 9.16. The number of rotatable bonds is 2. The van der Waals surface area contributed by atoms with Gasteiger partial charge in [-0.1, -0.05) is 0 Å². The van der Waals surface area contributed by atoms with E-state index in [0.29, 0.717) is 0 Å². The Labute approximate surface area is 88.5 Å². The van der Waals surface area contributed by atoms with Crippen LogP contribution in [0.1, 0.15) is 40.0 Å². The summed E-state index contributed by atoms with van der Waals surface area (Å²) in [6.07, 6.45) is 5.10. The van der Waals surface area contributed by atoms with Gasteiger partial charge in [-0.3, -0.25) is 0 Å². The Morgan fingerprint density at radius 1 is 1.43 bits per heavy atom. The summed E-state index contributed by atoms with van der Waals surface area (Å²) in [7, 11) is -1.15. The molecule has 0 bridgehead atoms. The Hall–Kier alpha value is -0.220.